The first-order valence-electron chi connectivity index (χ1n) is 10.8. The molecular formula is C27H32Cl2Si2. The summed E-state index contributed by atoms with van der Waals surface area (Å²) in [7, 11) is -3.43. The van der Waals surface area contributed by atoms with Gasteiger partial charge in [-0.15, -0.1) is 0 Å². The van der Waals surface area contributed by atoms with Crippen LogP contribution in [0.5, 0.6) is 0 Å². The molecule has 31 heavy (non-hydrogen) atoms. The van der Waals surface area contributed by atoms with Gasteiger partial charge in [0.2, 0.25) is 0 Å². The molecular weight excluding hydrogens is 451 g/mol. The van der Waals surface area contributed by atoms with Crippen molar-refractivity contribution in [1.82, 2.24) is 0 Å². The maximum Gasteiger partial charge on any atom is 0.0792 e. The van der Waals surface area contributed by atoms with Crippen molar-refractivity contribution in [2.75, 3.05) is 0 Å². The van der Waals surface area contributed by atoms with E-state index in [1.807, 2.05) is 18.2 Å². The largest absolute Gasteiger partial charge is 0.0843 e. The molecule has 0 aliphatic heterocycles. The fraction of sp³-hybridized carbons (Fsp3) is 0.259. The molecule has 3 rings (SSSR count). The molecule has 0 N–H and O–H groups in total. The van der Waals surface area contributed by atoms with Gasteiger partial charge in [-0.2, -0.15) is 0 Å². The fourth-order valence-electron chi connectivity index (χ4n) is 4.19. The fourth-order valence-corrected chi connectivity index (χ4v) is 8.24. The van der Waals surface area contributed by atoms with Crippen molar-refractivity contribution >= 4 is 55.3 Å². The van der Waals surface area contributed by atoms with Crippen LogP contribution in [0.25, 0.3) is 10.8 Å². The molecule has 162 valence electrons. The Hall–Kier alpha value is -1.59. The Kier molecular flexibility index (Phi) is 7.07. The molecule has 0 aliphatic carbocycles. The van der Waals surface area contributed by atoms with E-state index in [2.05, 4.69) is 94.7 Å². The number of rotatable bonds is 5. The minimum absolute atomic E-state index is 0.769. The van der Waals surface area contributed by atoms with E-state index in [4.69, 9.17) is 23.2 Å². The monoisotopic (exact) mass is 482 g/mol. The van der Waals surface area contributed by atoms with Crippen molar-refractivity contribution in [1.29, 1.82) is 0 Å². The Morgan fingerprint density at radius 1 is 0.677 bits per heavy atom. The minimum Gasteiger partial charge on any atom is -0.0843 e. The number of hydrogen-bond donors (Lipinski definition) is 0. The Labute approximate surface area is 200 Å². The lowest BCUT2D eigenvalue weighted by Crippen LogP contribution is -2.40. The van der Waals surface area contributed by atoms with Crippen LogP contribution in [0, 0.1) is 6.92 Å². The molecule has 0 fully saturated rings. The Bertz CT molecular complexity index is 1120. The molecule has 0 atom stereocenters. The summed E-state index contributed by atoms with van der Waals surface area (Å²) in [6.45, 7) is 16.7. The van der Waals surface area contributed by atoms with Crippen molar-refractivity contribution in [2.24, 2.45) is 0 Å². The molecule has 0 saturated heterocycles. The highest BCUT2D eigenvalue weighted by molar-refractivity contribution is 6.95. The maximum absolute atomic E-state index is 6.51. The lowest BCUT2D eigenvalue weighted by Gasteiger charge is -2.30. The van der Waals surface area contributed by atoms with Gasteiger partial charge in [-0.05, 0) is 64.2 Å². The summed E-state index contributed by atoms with van der Waals surface area (Å²) in [6, 6.07) is 23.6. The molecule has 0 unspecified atom stereocenters. The second-order valence-corrected chi connectivity index (χ2v) is 21.2. The van der Waals surface area contributed by atoms with Crippen LogP contribution in [0.15, 0.2) is 66.7 Å². The van der Waals surface area contributed by atoms with Crippen LogP contribution in [0.4, 0.5) is 0 Å². The molecule has 0 aliphatic rings. The van der Waals surface area contributed by atoms with E-state index in [1.165, 1.54) is 38.2 Å². The van der Waals surface area contributed by atoms with E-state index in [1.54, 1.807) is 0 Å². The van der Waals surface area contributed by atoms with Crippen molar-refractivity contribution in [3.8, 4) is 0 Å². The predicted octanol–water partition coefficient (Wildman–Crippen LogP) is 8.68. The third-order valence-corrected chi connectivity index (χ3v) is 10.2. The number of hydrogen-bond acceptors (Lipinski definition) is 0. The highest BCUT2D eigenvalue weighted by Crippen LogP contribution is 2.39. The van der Waals surface area contributed by atoms with Crippen molar-refractivity contribution < 1.29 is 0 Å². The summed E-state index contributed by atoms with van der Waals surface area (Å²) in [5.41, 5.74) is 6.53. The molecule has 0 heterocycles. The van der Waals surface area contributed by atoms with Gasteiger partial charge >= 0.3 is 0 Å². The molecule has 0 saturated carbocycles. The Morgan fingerprint density at radius 3 is 1.81 bits per heavy atom. The van der Waals surface area contributed by atoms with Gasteiger partial charge in [-0.25, -0.2) is 0 Å². The van der Waals surface area contributed by atoms with Crippen molar-refractivity contribution in [2.45, 2.75) is 46.2 Å². The first-order chi connectivity index (χ1) is 14.4. The highest BCUT2D eigenvalue weighted by Gasteiger charge is 2.30. The zero-order valence-electron chi connectivity index (χ0n) is 19.6. The predicted molar refractivity (Wildman–Crippen MR) is 146 cm³/mol. The van der Waals surface area contributed by atoms with Crippen LogP contribution in [-0.2, 0) is 0 Å². The summed E-state index contributed by atoms with van der Waals surface area (Å²) in [6.07, 6.45) is 0. The Morgan fingerprint density at radius 2 is 1.26 bits per heavy atom. The summed E-state index contributed by atoms with van der Waals surface area (Å²) in [4.78, 5) is 0. The SMILES string of the molecule is Cc1ccccc1C(=C(c1ccc(Cl)cc1)[Si](C)(C)C)c1ccc(Cl)cc1[Si](C)(C)C. The van der Waals surface area contributed by atoms with Crippen LogP contribution in [-0.4, -0.2) is 16.1 Å². The van der Waals surface area contributed by atoms with Gasteiger partial charge in [0.25, 0.3) is 0 Å². The van der Waals surface area contributed by atoms with Gasteiger partial charge < -0.3 is 0 Å². The molecule has 0 radical (unpaired) electrons. The van der Waals surface area contributed by atoms with E-state index in [-0.39, 0.29) is 0 Å². The van der Waals surface area contributed by atoms with Crippen LogP contribution in [0.1, 0.15) is 22.3 Å². The smallest absolute Gasteiger partial charge is 0.0792 e. The summed E-state index contributed by atoms with van der Waals surface area (Å²) in [5.74, 6) is 0. The van der Waals surface area contributed by atoms with Gasteiger partial charge in [0.05, 0.1) is 16.1 Å². The molecule has 0 bridgehead atoms. The minimum atomic E-state index is -1.77. The summed E-state index contributed by atoms with van der Waals surface area (Å²) < 4.78 is 0. The van der Waals surface area contributed by atoms with Gasteiger partial charge in [0, 0.05) is 10.0 Å². The lowest BCUT2D eigenvalue weighted by molar-refractivity contribution is 1.41. The highest BCUT2D eigenvalue weighted by atomic mass is 35.5. The maximum atomic E-state index is 6.51. The van der Waals surface area contributed by atoms with Crippen molar-refractivity contribution in [3.63, 3.8) is 0 Å². The van der Waals surface area contributed by atoms with Gasteiger partial charge in [-0.3, -0.25) is 0 Å². The topological polar surface area (TPSA) is 0 Å². The molecule has 0 amide bonds. The normalized spacial score (nSPS) is 13.2. The summed E-state index contributed by atoms with van der Waals surface area (Å²) in [5, 5.41) is 4.44. The quantitative estimate of drug-likeness (QED) is 0.251. The number of benzene rings is 3. The number of aryl methyl sites for hydroxylation is 1. The average Bonchev–Trinajstić information content (AvgIpc) is 2.66. The molecule has 4 heteroatoms. The first kappa shape index (κ1) is 24.1. The van der Waals surface area contributed by atoms with Crippen LogP contribution >= 0.6 is 23.2 Å². The van der Waals surface area contributed by atoms with E-state index in [0.717, 1.165) is 10.0 Å². The average molecular weight is 484 g/mol. The van der Waals surface area contributed by atoms with Gasteiger partial charge in [0.1, 0.15) is 0 Å². The second-order valence-electron chi connectivity index (χ2n) is 10.3. The summed E-state index contributed by atoms with van der Waals surface area (Å²) >= 11 is 12.8. The molecule has 3 aromatic carbocycles. The number of halogens is 2. The van der Waals surface area contributed by atoms with E-state index in [9.17, 15) is 0 Å². The van der Waals surface area contributed by atoms with Gasteiger partial charge in [0.15, 0.2) is 0 Å². The van der Waals surface area contributed by atoms with Crippen LogP contribution in [0.3, 0.4) is 0 Å². The van der Waals surface area contributed by atoms with E-state index >= 15 is 0 Å². The lowest BCUT2D eigenvalue weighted by atomic mass is 9.92. The molecule has 0 spiro atoms. The van der Waals surface area contributed by atoms with E-state index in [0.29, 0.717) is 0 Å². The van der Waals surface area contributed by atoms with Crippen LogP contribution < -0.4 is 5.19 Å². The molecule has 0 aromatic heterocycles. The zero-order valence-corrected chi connectivity index (χ0v) is 23.1. The zero-order chi connectivity index (χ0) is 23.0. The first-order valence-corrected chi connectivity index (χ1v) is 18.5. The third-order valence-electron chi connectivity index (χ3n) is 5.61. The third kappa shape index (κ3) is 5.43. The van der Waals surface area contributed by atoms with E-state index < -0.39 is 16.1 Å². The molecule has 3 aromatic rings. The van der Waals surface area contributed by atoms with Crippen molar-refractivity contribution in [3.05, 3.63) is 99.0 Å². The van der Waals surface area contributed by atoms with Crippen LogP contribution in [0.2, 0.25) is 49.3 Å². The standard InChI is InChI=1S/C27H32Cl2Si2/c1-19-10-8-9-11-23(19)26(24-17-16-22(29)18-25(24)30(2,3)4)27(31(5,6)7)20-12-14-21(28)15-13-20/h8-18H,1-7H3. The van der Waals surface area contributed by atoms with Gasteiger partial charge in [-0.1, -0.05) is 110 Å². The molecule has 0 nitrogen and oxygen atoms in total. The second kappa shape index (κ2) is 9.11. The Balaban J connectivity index is 2.54.